The van der Waals surface area contributed by atoms with E-state index in [1.165, 1.54) is 0 Å². The van der Waals surface area contributed by atoms with Crippen LogP contribution in [0.1, 0.15) is 20.8 Å². The maximum atomic E-state index is 11.9. The number of ketones is 2. The van der Waals surface area contributed by atoms with Crippen LogP contribution in [-0.2, 0) is 19.1 Å². The van der Waals surface area contributed by atoms with Gasteiger partial charge in [-0.15, -0.1) is 0 Å². The first-order chi connectivity index (χ1) is 10.1. The molecule has 0 aliphatic heterocycles. The monoisotopic (exact) mass is 317 g/mol. The molecule has 0 saturated carbocycles. The van der Waals surface area contributed by atoms with E-state index in [1.807, 2.05) is 0 Å². The molecular weight excluding hydrogens is 290 g/mol. The second-order valence-corrected chi connectivity index (χ2v) is 5.21. The van der Waals surface area contributed by atoms with E-state index in [9.17, 15) is 19.5 Å². The van der Waals surface area contributed by atoms with Gasteiger partial charge in [0, 0.05) is 6.04 Å². The van der Waals surface area contributed by atoms with Crippen molar-refractivity contribution in [2.75, 3.05) is 27.7 Å². The predicted octanol–water partition coefficient (Wildman–Crippen LogP) is -1.57. The zero-order valence-corrected chi connectivity index (χ0v) is 14.0. The maximum absolute atomic E-state index is 11.9. The van der Waals surface area contributed by atoms with Crippen molar-refractivity contribution in [2.24, 2.45) is 5.92 Å². The molecule has 0 spiro atoms. The minimum Gasteiger partial charge on any atom is -0.463 e. The summed E-state index contributed by atoms with van der Waals surface area (Å²) in [4.78, 5) is 34.6. The number of hydrogen-bond donors (Lipinski definition) is 4. The van der Waals surface area contributed by atoms with Gasteiger partial charge in [-0.25, -0.2) is 0 Å². The fourth-order valence-electron chi connectivity index (χ4n) is 2.21. The number of aliphatic hydroxyl groups is 1. The van der Waals surface area contributed by atoms with E-state index < -0.39 is 35.2 Å². The zero-order valence-electron chi connectivity index (χ0n) is 14.0. The van der Waals surface area contributed by atoms with Gasteiger partial charge in [0.15, 0.2) is 17.5 Å². The number of carbonyl (C=O) groups excluding carboxylic acids is 3. The molecule has 0 aromatic heterocycles. The number of nitrogens with one attached hydrogen (secondary N) is 3. The van der Waals surface area contributed by atoms with Gasteiger partial charge >= 0.3 is 5.97 Å². The van der Waals surface area contributed by atoms with Crippen molar-refractivity contribution in [3.63, 3.8) is 0 Å². The maximum Gasteiger partial charge on any atom is 0.324 e. The summed E-state index contributed by atoms with van der Waals surface area (Å²) in [6.07, 6.45) is 0. The molecule has 0 aromatic carbocycles. The second kappa shape index (κ2) is 8.94. The van der Waals surface area contributed by atoms with Crippen molar-refractivity contribution < 1.29 is 24.2 Å². The van der Waals surface area contributed by atoms with Crippen molar-refractivity contribution in [3.05, 3.63) is 0 Å². The van der Waals surface area contributed by atoms with Gasteiger partial charge in [-0.1, -0.05) is 0 Å². The predicted molar refractivity (Wildman–Crippen MR) is 81.2 cm³/mol. The molecule has 0 saturated heterocycles. The normalized spacial score (nSPS) is 16.7. The SMILES string of the molecule is CNC(C)C(O)(NC)C(COC(=O)C(C(C)=O)C(C)=O)NC. The molecule has 0 radical (unpaired) electrons. The molecular formula is C14H27N3O5. The molecule has 3 atom stereocenters. The lowest BCUT2D eigenvalue weighted by molar-refractivity contribution is -0.157. The van der Waals surface area contributed by atoms with Crippen LogP contribution in [0.25, 0.3) is 0 Å². The highest BCUT2D eigenvalue weighted by molar-refractivity contribution is 6.15. The molecule has 0 rings (SSSR count). The Kier molecular flexibility index (Phi) is 8.39. The van der Waals surface area contributed by atoms with Crippen LogP contribution in [0.3, 0.4) is 0 Å². The number of likely N-dealkylation sites (N-methyl/N-ethyl adjacent to an activating group) is 3. The average molecular weight is 317 g/mol. The van der Waals surface area contributed by atoms with E-state index in [1.54, 1.807) is 28.1 Å². The molecule has 22 heavy (non-hydrogen) atoms. The first-order valence-electron chi connectivity index (χ1n) is 7.09. The van der Waals surface area contributed by atoms with Gasteiger partial charge in [0.2, 0.25) is 0 Å². The highest BCUT2D eigenvalue weighted by Gasteiger charge is 2.41. The third-order valence-electron chi connectivity index (χ3n) is 3.81. The molecule has 8 heteroatoms. The van der Waals surface area contributed by atoms with Crippen LogP contribution >= 0.6 is 0 Å². The Morgan fingerprint density at radius 2 is 1.59 bits per heavy atom. The molecule has 0 aliphatic rings. The summed E-state index contributed by atoms with van der Waals surface area (Å²) < 4.78 is 5.05. The van der Waals surface area contributed by atoms with E-state index in [0.29, 0.717) is 0 Å². The Hall–Kier alpha value is -1.35. The highest BCUT2D eigenvalue weighted by Crippen LogP contribution is 2.14. The van der Waals surface area contributed by atoms with Gasteiger partial charge in [0.25, 0.3) is 0 Å². The van der Waals surface area contributed by atoms with Crippen LogP contribution in [0.2, 0.25) is 0 Å². The van der Waals surface area contributed by atoms with Crippen molar-refractivity contribution in [1.82, 2.24) is 16.0 Å². The minimum atomic E-state index is -1.41. The quantitative estimate of drug-likeness (QED) is 0.217. The molecule has 4 N–H and O–H groups in total. The third kappa shape index (κ3) is 4.84. The van der Waals surface area contributed by atoms with Gasteiger partial charge in [0.1, 0.15) is 12.3 Å². The van der Waals surface area contributed by atoms with E-state index in [2.05, 4.69) is 16.0 Å². The summed E-state index contributed by atoms with van der Waals surface area (Å²) in [5, 5.41) is 19.2. The summed E-state index contributed by atoms with van der Waals surface area (Å²) >= 11 is 0. The van der Waals surface area contributed by atoms with Crippen molar-refractivity contribution >= 4 is 17.5 Å². The van der Waals surface area contributed by atoms with Gasteiger partial charge < -0.3 is 20.5 Å². The van der Waals surface area contributed by atoms with Crippen LogP contribution in [0.4, 0.5) is 0 Å². The summed E-state index contributed by atoms with van der Waals surface area (Å²) in [7, 11) is 4.87. The highest BCUT2D eigenvalue weighted by atomic mass is 16.5. The summed E-state index contributed by atoms with van der Waals surface area (Å²) in [5.41, 5.74) is -1.40. The molecule has 128 valence electrons. The molecule has 3 unspecified atom stereocenters. The lowest BCUT2D eigenvalue weighted by Crippen LogP contribution is -2.68. The first-order valence-corrected chi connectivity index (χ1v) is 7.09. The summed E-state index contributed by atoms with van der Waals surface area (Å²) in [5.74, 6) is -3.45. The fraction of sp³-hybridized carbons (Fsp3) is 0.786. The van der Waals surface area contributed by atoms with Gasteiger partial charge in [0.05, 0.1) is 6.04 Å². The van der Waals surface area contributed by atoms with Crippen LogP contribution in [0.5, 0.6) is 0 Å². The standard InChI is InChI=1S/C14H27N3O5/c1-8(18)12(9(2)19)13(20)22-7-11(16-5)14(21,17-6)10(3)15-4/h10-12,15-17,21H,7H2,1-6H3. The summed E-state index contributed by atoms with van der Waals surface area (Å²) in [6, 6.07) is -1.01. The second-order valence-electron chi connectivity index (χ2n) is 5.21. The van der Waals surface area contributed by atoms with Crippen molar-refractivity contribution in [3.8, 4) is 0 Å². The van der Waals surface area contributed by atoms with Gasteiger partial charge in [-0.2, -0.15) is 0 Å². The average Bonchev–Trinajstić information content (AvgIpc) is 2.45. The minimum absolute atomic E-state index is 0.199. The summed E-state index contributed by atoms with van der Waals surface area (Å²) in [6.45, 7) is 3.89. The first kappa shape index (κ1) is 20.6. The number of carbonyl (C=O) groups is 3. The Labute approximate surface area is 131 Å². The van der Waals surface area contributed by atoms with Crippen LogP contribution in [0.15, 0.2) is 0 Å². The van der Waals surface area contributed by atoms with Crippen LogP contribution < -0.4 is 16.0 Å². The number of esters is 1. The lowest BCUT2D eigenvalue weighted by atomic mass is 9.96. The van der Waals surface area contributed by atoms with E-state index in [0.717, 1.165) is 13.8 Å². The molecule has 0 aromatic rings. The zero-order chi connectivity index (χ0) is 17.5. The Bertz CT molecular complexity index is 401. The Morgan fingerprint density at radius 1 is 1.09 bits per heavy atom. The van der Waals surface area contributed by atoms with E-state index >= 15 is 0 Å². The topological polar surface area (TPSA) is 117 Å². The van der Waals surface area contributed by atoms with Crippen molar-refractivity contribution in [1.29, 1.82) is 0 Å². The van der Waals surface area contributed by atoms with Crippen molar-refractivity contribution in [2.45, 2.75) is 38.6 Å². The third-order valence-corrected chi connectivity index (χ3v) is 3.81. The molecule has 0 aliphatic carbocycles. The molecule has 0 heterocycles. The van der Waals surface area contributed by atoms with E-state index in [-0.39, 0.29) is 12.6 Å². The molecule has 0 amide bonds. The molecule has 0 fully saturated rings. The van der Waals surface area contributed by atoms with E-state index in [4.69, 9.17) is 4.74 Å². The van der Waals surface area contributed by atoms with Gasteiger partial charge in [-0.3, -0.25) is 19.7 Å². The van der Waals surface area contributed by atoms with Crippen LogP contribution in [0, 0.1) is 5.92 Å². The fourth-order valence-corrected chi connectivity index (χ4v) is 2.21. The van der Waals surface area contributed by atoms with Crippen LogP contribution in [-0.4, -0.2) is 68.2 Å². The number of rotatable bonds is 10. The molecule has 8 nitrogen and oxygen atoms in total. The largest absolute Gasteiger partial charge is 0.463 e. The lowest BCUT2D eigenvalue weighted by Gasteiger charge is -2.40. The van der Waals surface area contributed by atoms with Gasteiger partial charge in [-0.05, 0) is 41.9 Å². The number of ether oxygens (including phenoxy) is 1. The Morgan fingerprint density at radius 3 is 1.91 bits per heavy atom. The Balaban J connectivity index is 5.00. The molecule has 0 bridgehead atoms. The number of hydrogen-bond acceptors (Lipinski definition) is 8. The smallest absolute Gasteiger partial charge is 0.324 e. The number of Topliss-reactive ketones (excluding diaryl/α,β-unsaturated/α-hetero) is 2.